The summed E-state index contributed by atoms with van der Waals surface area (Å²) in [5.41, 5.74) is 0. The van der Waals surface area contributed by atoms with E-state index in [1.165, 1.54) is 0 Å². The maximum Gasteiger partial charge on any atom is 0.206 e. The lowest BCUT2D eigenvalue weighted by atomic mass is 10.4. The van der Waals surface area contributed by atoms with E-state index in [9.17, 15) is 0 Å². The summed E-state index contributed by atoms with van der Waals surface area (Å²) in [6.07, 6.45) is 2.06. The van der Waals surface area contributed by atoms with Crippen LogP contribution in [0, 0.1) is 6.92 Å². The first-order valence-corrected chi connectivity index (χ1v) is 7.09. The second kappa shape index (κ2) is 5.36. The summed E-state index contributed by atoms with van der Waals surface area (Å²) in [4.78, 5) is 0. The molecule has 0 saturated heterocycles. The third-order valence-corrected chi connectivity index (χ3v) is 3.31. The zero-order valence-corrected chi connectivity index (χ0v) is 10.8. The summed E-state index contributed by atoms with van der Waals surface area (Å²) in [5.74, 6) is 2.85. The van der Waals surface area contributed by atoms with Gasteiger partial charge >= 0.3 is 0 Å². The van der Waals surface area contributed by atoms with Gasteiger partial charge in [-0.2, -0.15) is 11.8 Å². The smallest absolute Gasteiger partial charge is 0.206 e. The average Bonchev–Trinajstić information content (AvgIpc) is 2.85. The number of aryl methyl sites for hydroxylation is 1. The summed E-state index contributed by atoms with van der Waals surface area (Å²) < 4.78 is 5.63. The first kappa shape index (κ1) is 11.5. The normalized spacial score (nSPS) is 10.6. The van der Waals surface area contributed by atoms with E-state index < -0.39 is 0 Å². The van der Waals surface area contributed by atoms with Crippen LogP contribution in [0.2, 0.25) is 0 Å². The minimum atomic E-state index is 0.656. The molecule has 0 aliphatic heterocycles. The van der Waals surface area contributed by atoms with Gasteiger partial charge in [0.25, 0.3) is 0 Å². The highest BCUT2D eigenvalue weighted by Gasteiger charge is 2.03. The Morgan fingerprint density at radius 1 is 1.38 bits per heavy atom. The molecule has 16 heavy (non-hydrogen) atoms. The van der Waals surface area contributed by atoms with E-state index in [2.05, 4.69) is 21.8 Å². The predicted molar refractivity (Wildman–Crippen MR) is 67.9 cm³/mol. The van der Waals surface area contributed by atoms with Crippen molar-refractivity contribution in [1.29, 1.82) is 0 Å². The summed E-state index contributed by atoms with van der Waals surface area (Å²) in [6.45, 7) is 2.59. The Morgan fingerprint density at radius 2 is 2.19 bits per heavy atom. The summed E-state index contributed by atoms with van der Waals surface area (Å²) in [7, 11) is 0. The minimum Gasteiger partial charge on any atom is -0.463 e. The van der Waals surface area contributed by atoms with Crippen molar-refractivity contribution in [3.63, 3.8) is 0 Å². The summed E-state index contributed by atoms with van der Waals surface area (Å²) >= 11 is 3.30. The van der Waals surface area contributed by atoms with Crippen molar-refractivity contribution in [2.24, 2.45) is 0 Å². The van der Waals surface area contributed by atoms with E-state index in [4.69, 9.17) is 4.42 Å². The van der Waals surface area contributed by atoms with E-state index in [1.807, 2.05) is 19.1 Å². The molecule has 2 aromatic heterocycles. The Kier molecular flexibility index (Phi) is 3.84. The highest BCUT2D eigenvalue weighted by molar-refractivity contribution is 7.97. The number of rotatable bonds is 5. The molecule has 0 aliphatic rings. The van der Waals surface area contributed by atoms with Crippen LogP contribution in [0.4, 0.5) is 5.13 Å². The van der Waals surface area contributed by atoms with Gasteiger partial charge < -0.3 is 9.73 Å². The van der Waals surface area contributed by atoms with Gasteiger partial charge in [-0.25, -0.2) is 0 Å². The van der Waals surface area contributed by atoms with Crippen LogP contribution in [0.3, 0.4) is 0 Å². The van der Waals surface area contributed by atoms with Gasteiger partial charge in [0.2, 0.25) is 5.13 Å². The van der Waals surface area contributed by atoms with Crippen LogP contribution in [0.25, 0.3) is 0 Å². The monoisotopic (exact) mass is 255 g/mol. The van der Waals surface area contributed by atoms with Crippen molar-refractivity contribution >= 4 is 28.2 Å². The molecule has 0 amide bonds. The largest absolute Gasteiger partial charge is 0.463 e. The van der Waals surface area contributed by atoms with Crippen LogP contribution in [0.5, 0.6) is 0 Å². The number of thioether (sulfide) groups is 1. The molecule has 2 aromatic rings. The van der Waals surface area contributed by atoms with E-state index in [0.29, 0.717) is 6.54 Å². The van der Waals surface area contributed by atoms with Crippen LogP contribution in [0.1, 0.15) is 16.5 Å². The maximum atomic E-state index is 5.63. The second-order valence-corrected chi connectivity index (χ2v) is 5.33. The minimum absolute atomic E-state index is 0.656. The lowest BCUT2D eigenvalue weighted by molar-refractivity contribution is 0.487. The fourth-order valence-electron chi connectivity index (χ4n) is 1.27. The second-order valence-electron chi connectivity index (χ2n) is 3.28. The molecule has 0 aromatic carbocycles. The Bertz CT molecular complexity index is 452. The number of anilines is 1. The Labute approximate surface area is 102 Å². The third kappa shape index (κ3) is 2.99. The molecule has 0 radical (unpaired) electrons. The van der Waals surface area contributed by atoms with Crippen molar-refractivity contribution < 1.29 is 4.42 Å². The third-order valence-electron chi connectivity index (χ3n) is 1.94. The van der Waals surface area contributed by atoms with Crippen molar-refractivity contribution in [2.75, 3.05) is 11.6 Å². The molecule has 0 fully saturated rings. The van der Waals surface area contributed by atoms with Gasteiger partial charge in [-0.05, 0) is 25.3 Å². The van der Waals surface area contributed by atoms with Crippen LogP contribution in [0.15, 0.2) is 16.5 Å². The molecule has 2 heterocycles. The highest BCUT2D eigenvalue weighted by Crippen LogP contribution is 2.17. The molecule has 0 unspecified atom stereocenters. The van der Waals surface area contributed by atoms with Gasteiger partial charge in [0, 0.05) is 0 Å². The molecule has 0 spiro atoms. The number of furan rings is 1. The van der Waals surface area contributed by atoms with E-state index >= 15 is 0 Å². The van der Waals surface area contributed by atoms with E-state index in [1.54, 1.807) is 23.1 Å². The molecule has 0 atom stereocenters. The lowest BCUT2D eigenvalue weighted by Gasteiger charge is -1.98. The number of aromatic nitrogens is 2. The first-order chi connectivity index (χ1) is 7.78. The molecular weight excluding hydrogens is 242 g/mol. The zero-order valence-electron chi connectivity index (χ0n) is 9.19. The predicted octanol–water partition coefficient (Wildman–Crippen LogP) is 2.91. The molecule has 0 aliphatic carbocycles. The van der Waals surface area contributed by atoms with Gasteiger partial charge in [-0.1, -0.05) is 11.3 Å². The van der Waals surface area contributed by atoms with Crippen LogP contribution >= 0.6 is 23.1 Å². The van der Waals surface area contributed by atoms with Crippen LogP contribution in [-0.4, -0.2) is 16.5 Å². The van der Waals surface area contributed by atoms with Gasteiger partial charge in [-0.15, -0.1) is 10.2 Å². The summed E-state index contributed by atoms with van der Waals surface area (Å²) in [5, 5.41) is 12.9. The quantitative estimate of drug-likeness (QED) is 0.890. The number of nitrogens with zero attached hydrogens (tertiary/aromatic N) is 2. The van der Waals surface area contributed by atoms with Crippen molar-refractivity contribution in [1.82, 2.24) is 10.2 Å². The van der Waals surface area contributed by atoms with Crippen molar-refractivity contribution in [3.8, 4) is 0 Å². The molecule has 2 rings (SSSR count). The molecule has 1 N–H and O–H groups in total. The van der Waals surface area contributed by atoms with Crippen molar-refractivity contribution in [2.45, 2.75) is 19.2 Å². The van der Waals surface area contributed by atoms with Gasteiger partial charge in [-0.3, -0.25) is 0 Å². The van der Waals surface area contributed by atoms with Crippen LogP contribution < -0.4 is 5.32 Å². The molecule has 86 valence electrons. The van der Waals surface area contributed by atoms with E-state index in [0.717, 1.165) is 27.4 Å². The fraction of sp³-hybridized carbons (Fsp3) is 0.400. The van der Waals surface area contributed by atoms with Crippen LogP contribution in [-0.2, 0) is 12.3 Å². The van der Waals surface area contributed by atoms with E-state index in [-0.39, 0.29) is 0 Å². The number of hydrogen-bond acceptors (Lipinski definition) is 6. The van der Waals surface area contributed by atoms with Crippen molar-refractivity contribution in [3.05, 3.63) is 28.7 Å². The summed E-state index contributed by atoms with van der Waals surface area (Å²) in [6, 6.07) is 4.01. The number of hydrogen-bond donors (Lipinski definition) is 1. The Morgan fingerprint density at radius 3 is 2.88 bits per heavy atom. The van der Waals surface area contributed by atoms with Gasteiger partial charge in [0.05, 0.1) is 12.3 Å². The maximum absolute atomic E-state index is 5.63. The SMILES string of the molecule is CSCc1ccc(CNc2nnc(C)s2)o1. The Hall–Kier alpha value is -1.01. The molecule has 4 nitrogen and oxygen atoms in total. The topological polar surface area (TPSA) is 51.0 Å². The molecule has 0 bridgehead atoms. The number of nitrogens with one attached hydrogen (secondary N) is 1. The zero-order chi connectivity index (χ0) is 11.4. The molecule has 0 saturated carbocycles. The fourth-order valence-corrected chi connectivity index (χ4v) is 2.30. The standard InChI is InChI=1S/C10H13N3OS2/c1-7-12-13-10(16-7)11-5-8-3-4-9(14-8)6-15-2/h3-4H,5-6H2,1-2H3,(H,11,13). The van der Waals surface area contributed by atoms with Gasteiger partial charge in [0.1, 0.15) is 16.5 Å². The highest BCUT2D eigenvalue weighted by atomic mass is 32.2. The van der Waals surface area contributed by atoms with Gasteiger partial charge in [0.15, 0.2) is 0 Å². The molecule has 6 heteroatoms. The average molecular weight is 255 g/mol. The molecular formula is C10H13N3OS2. The first-order valence-electron chi connectivity index (χ1n) is 4.88. The lowest BCUT2D eigenvalue weighted by Crippen LogP contribution is -1.97. The Balaban J connectivity index is 1.89.